The van der Waals surface area contributed by atoms with Crippen molar-refractivity contribution in [3.05, 3.63) is 29.3 Å². The van der Waals surface area contributed by atoms with Crippen LogP contribution in [-0.4, -0.2) is 13.2 Å². The zero-order valence-corrected chi connectivity index (χ0v) is 11.6. The van der Waals surface area contributed by atoms with Crippen LogP contribution in [0.1, 0.15) is 49.7 Å². The van der Waals surface area contributed by atoms with E-state index in [4.69, 9.17) is 10.5 Å². The summed E-state index contributed by atoms with van der Waals surface area (Å²) in [7, 11) is 0. The van der Waals surface area contributed by atoms with E-state index in [1.807, 2.05) is 6.92 Å². The third kappa shape index (κ3) is 2.86. The predicted octanol–water partition coefficient (Wildman–Crippen LogP) is 3.63. The Hall–Kier alpha value is -1.02. The highest BCUT2D eigenvalue weighted by molar-refractivity contribution is 5.38. The number of ether oxygens (including phenoxy) is 1. The van der Waals surface area contributed by atoms with Crippen molar-refractivity contribution in [2.75, 3.05) is 13.2 Å². The molecule has 100 valence electrons. The van der Waals surface area contributed by atoms with E-state index in [0.29, 0.717) is 5.92 Å². The summed E-state index contributed by atoms with van der Waals surface area (Å²) in [6.07, 6.45) is 5.43. The number of hydrogen-bond donors (Lipinski definition) is 1. The Morgan fingerprint density at radius 2 is 2.06 bits per heavy atom. The molecule has 1 saturated carbocycles. The van der Waals surface area contributed by atoms with Crippen LogP contribution in [0.2, 0.25) is 0 Å². The Morgan fingerprint density at radius 3 is 2.61 bits per heavy atom. The maximum atomic E-state index is 6.00. The molecule has 0 aliphatic heterocycles. The van der Waals surface area contributed by atoms with Gasteiger partial charge in [-0.1, -0.05) is 25.0 Å². The lowest BCUT2D eigenvalue weighted by molar-refractivity contribution is 0.337. The number of aryl methyl sites for hydroxylation is 1. The van der Waals surface area contributed by atoms with Gasteiger partial charge in [0.25, 0.3) is 0 Å². The van der Waals surface area contributed by atoms with Gasteiger partial charge >= 0.3 is 0 Å². The molecule has 1 aromatic carbocycles. The van der Waals surface area contributed by atoms with Gasteiger partial charge in [-0.25, -0.2) is 0 Å². The van der Waals surface area contributed by atoms with Crippen molar-refractivity contribution < 1.29 is 4.74 Å². The number of benzene rings is 1. The third-order valence-corrected chi connectivity index (χ3v) is 4.15. The van der Waals surface area contributed by atoms with Crippen LogP contribution in [0.15, 0.2) is 18.2 Å². The molecule has 1 unspecified atom stereocenters. The van der Waals surface area contributed by atoms with E-state index in [2.05, 4.69) is 25.1 Å². The first-order valence-corrected chi connectivity index (χ1v) is 7.19. The fraction of sp³-hybridized carbons (Fsp3) is 0.625. The van der Waals surface area contributed by atoms with E-state index in [1.54, 1.807) is 0 Å². The predicted molar refractivity (Wildman–Crippen MR) is 76.1 cm³/mol. The van der Waals surface area contributed by atoms with Crippen LogP contribution in [0.25, 0.3) is 0 Å². The molecule has 2 rings (SSSR count). The fourth-order valence-electron chi connectivity index (χ4n) is 3.18. The molecule has 1 aliphatic rings. The van der Waals surface area contributed by atoms with Gasteiger partial charge in [-0.3, -0.25) is 0 Å². The molecule has 18 heavy (non-hydrogen) atoms. The molecule has 0 aromatic heterocycles. The Balaban J connectivity index is 2.17. The van der Waals surface area contributed by atoms with Gasteiger partial charge in [-0.2, -0.15) is 0 Å². The van der Waals surface area contributed by atoms with Gasteiger partial charge in [-0.15, -0.1) is 0 Å². The second-order valence-electron chi connectivity index (χ2n) is 5.34. The topological polar surface area (TPSA) is 35.2 Å². The summed E-state index contributed by atoms with van der Waals surface area (Å²) in [6.45, 7) is 5.63. The summed E-state index contributed by atoms with van der Waals surface area (Å²) < 4.78 is 5.60. The average molecular weight is 247 g/mol. The van der Waals surface area contributed by atoms with Crippen molar-refractivity contribution >= 4 is 0 Å². The highest BCUT2D eigenvalue weighted by Crippen LogP contribution is 2.37. The minimum absolute atomic E-state index is 0.530. The van der Waals surface area contributed by atoms with Crippen LogP contribution in [0.3, 0.4) is 0 Å². The standard InChI is InChI=1S/C16H25NO/c1-3-18-16-9-8-14(10-12(16)2)15(11-17)13-6-4-5-7-13/h8-10,13,15H,3-7,11,17H2,1-2H3. The maximum absolute atomic E-state index is 6.00. The van der Waals surface area contributed by atoms with Crippen LogP contribution in [0, 0.1) is 12.8 Å². The second kappa shape index (κ2) is 6.24. The normalized spacial score (nSPS) is 17.9. The summed E-state index contributed by atoms with van der Waals surface area (Å²) >= 11 is 0. The average Bonchev–Trinajstić information content (AvgIpc) is 2.87. The molecule has 1 aliphatic carbocycles. The molecule has 2 N–H and O–H groups in total. The van der Waals surface area contributed by atoms with Crippen molar-refractivity contribution in [3.63, 3.8) is 0 Å². The van der Waals surface area contributed by atoms with E-state index in [0.717, 1.165) is 24.8 Å². The van der Waals surface area contributed by atoms with E-state index in [1.165, 1.54) is 36.8 Å². The minimum atomic E-state index is 0.530. The van der Waals surface area contributed by atoms with Crippen molar-refractivity contribution in [3.8, 4) is 5.75 Å². The molecule has 0 spiro atoms. The van der Waals surface area contributed by atoms with Gasteiger partial charge in [0, 0.05) is 0 Å². The van der Waals surface area contributed by atoms with E-state index >= 15 is 0 Å². The first-order valence-electron chi connectivity index (χ1n) is 7.19. The van der Waals surface area contributed by atoms with E-state index < -0.39 is 0 Å². The molecule has 0 amide bonds. The number of rotatable bonds is 5. The van der Waals surface area contributed by atoms with E-state index in [-0.39, 0.29) is 0 Å². The lowest BCUT2D eigenvalue weighted by Gasteiger charge is -2.23. The third-order valence-electron chi connectivity index (χ3n) is 4.15. The number of hydrogen-bond acceptors (Lipinski definition) is 2. The highest BCUT2D eigenvalue weighted by Gasteiger charge is 2.25. The largest absolute Gasteiger partial charge is 0.494 e. The van der Waals surface area contributed by atoms with Crippen LogP contribution in [0.5, 0.6) is 5.75 Å². The lowest BCUT2D eigenvalue weighted by atomic mass is 9.84. The molecule has 1 fully saturated rings. The van der Waals surface area contributed by atoms with Crippen LogP contribution in [0.4, 0.5) is 0 Å². The smallest absolute Gasteiger partial charge is 0.122 e. The summed E-state index contributed by atoms with van der Waals surface area (Å²) in [5.74, 6) is 2.32. The molecule has 1 atom stereocenters. The van der Waals surface area contributed by atoms with E-state index in [9.17, 15) is 0 Å². The van der Waals surface area contributed by atoms with Gasteiger partial charge in [0.05, 0.1) is 6.61 Å². The Labute approximate surface area is 111 Å². The zero-order valence-electron chi connectivity index (χ0n) is 11.6. The maximum Gasteiger partial charge on any atom is 0.122 e. The molecule has 0 saturated heterocycles. The molecule has 2 nitrogen and oxygen atoms in total. The monoisotopic (exact) mass is 247 g/mol. The highest BCUT2D eigenvalue weighted by atomic mass is 16.5. The molecular weight excluding hydrogens is 222 g/mol. The summed E-state index contributed by atoms with van der Waals surface area (Å²) in [4.78, 5) is 0. The summed E-state index contributed by atoms with van der Waals surface area (Å²) in [6, 6.07) is 6.57. The molecule has 0 bridgehead atoms. The minimum Gasteiger partial charge on any atom is -0.494 e. The Morgan fingerprint density at radius 1 is 1.33 bits per heavy atom. The summed E-state index contributed by atoms with van der Waals surface area (Å²) in [5, 5.41) is 0. The van der Waals surface area contributed by atoms with Crippen LogP contribution >= 0.6 is 0 Å². The molecule has 0 radical (unpaired) electrons. The molecule has 1 aromatic rings. The Kier molecular flexibility index (Phi) is 4.65. The van der Waals surface area contributed by atoms with Crippen LogP contribution < -0.4 is 10.5 Å². The lowest BCUT2D eigenvalue weighted by Crippen LogP contribution is -2.19. The molecular formula is C16H25NO. The fourth-order valence-corrected chi connectivity index (χ4v) is 3.18. The Bertz CT molecular complexity index is 383. The first-order chi connectivity index (χ1) is 8.76. The quantitative estimate of drug-likeness (QED) is 0.862. The molecule has 2 heteroatoms. The van der Waals surface area contributed by atoms with Gasteiger partial charge in [0.15, 0.2) is 0 Å². The second-order valence-corrected chi connectivity index (χ2v) is 5.34. The molecule has 0 heterocycles. The van der Waals surface area contributed by atoms with Gasteiger partial charge in [0.2, 0.25) is 0 Å². The summed E-state index contributed by atoms with van der Waals surface area (Å²) in [5.41, 5.74) is 8.62. The first kappa shape index (κ1) is 13.4. The van der Waals surface area contributed by atoms with Crippen molar-refractivity contribution in [1.82, 2.24) is 0 Å². The van der Waals surface area contributed by atoms with Gasteiger partial charge in [0.1, 0.15) is 5.75 Å². The SMILES string of the molecule is CCOc1ccc(C(CN)C2CCCC2)cc1C. The van der Waals surface area contributed by atoms with Gasteiger partial charge < -0.3 is 10.5 Å². The van der Waals surface area contributed by atoms with Crippen molar-refractivity contribution in [2.24, 2.45) is 11.7 Å². The van der Waals surface area contributed by atoms with Crippen LogP contribution in [-0.2, 0) is 0 Å². The van der Waals surface area contributed by atoms with Crippen molar-refractivity contribution in [2.45, 2.75) is 45.4 Å². The van der Waals surface area contributed by atoms with Gasteiger partial charge in [-0.05, 0) is 62.3 Å². The van der Waals surface area contributed by atoms with Crippen molar-refractivity contribution in [1.29, 1.82) is 0 Å². The zero-order chi connectivity index (χ0) is 13.0. The number of nitrogens with two attached hydrogens (primary N) is 1.